The quantitative estimate of drug-likeness (QED) is 0.790. The maximum Gasteiger partial charge on any atom is 0.317 e. The zero-order chi connectivity index (χ0) is 16.4. The van der Waals surface area contributed by atoms with E-state index in [1.807, 2.05) is 40.2 Å². The lowest BCUT2D eigenvalue weighted by molar-refractivity contribution is -0.0152. The van der Waals surface area contributed by atoms with E-state index in [4.69, 9.17) is 4.74 Å². The summed E-state index contributed by atoms with van der Waals surface area (Å²) in [6.07, 6.45) is 1.84. The molecule has 0 aliphatic carbocycles. The monoisotopic (exact) mass is 343 g/mol. The van der Waals surface area contributed by atoms with Crippen molar-refractivity contribution in [3.05, 3.63) is 52.6 Å². The van der Waals surface area contributed by atoms with Crippen LogP contribution in [-0.2, 0) is 11.3 Å². The third kappa shape index (κ3) is 2.98. The van der Waals surface area contributed by atoms with Crippen molar-refractivity contribution in [3.63, 3.8) is 0 Å². The number of morpholine rings is 1. The molecule has 7 nitrogen and oxygen atoms in total. The number of aromatic nitrogens is 3. The van der Waals surface area contributed by atoms with E-state index < -0.39 is 0 Å². The molecule has 2 amide bonds. The highest BCUT2D eigenvalue weighted by atomic mass is 32.1. The molecule has 4 heterocycles. The molecule has 1 N–H and O–H groups in total. The molecule has 0 radical (unpaired) electrons. The molecule has 1 atom stereocenters. The Labute approximate surface area is 142 Å². The molecule has 1 aliphatic rings. The van der Waals surface area contributed by atoms with Crippen LogP contribution in [0.3, 0.4) is 0 Å². The van der Waals surface area contributed by atoms with Crippen molar-refractivity contribution < 1.29 is 9.53 Å². The van der Waals surface area contributed by atoms with Gasteiger partial charge < -0.3 is 15.0 Å². The van der Waals surface area contributed by atoms with Crippen LogP contribution in [-0.4, -0.2) is 45.2 Å². The van der Waals surface area contributed by atoms with Crippen LogP contribution in [0.5, 0.6) is 0 Å². The molecule has 4 rings (SSSR count). The molecule has 1 aliphatic heterocycles. The van der Waals surface area contributed by atoms with Gasteiger partial charge in [0.05, 0.1) is 19.7 Å². The second kappa shape index (κ2) is 6.58. The largest absolute Gasteiger partial charge is 0.370 e. The zero-order valence-corrected chi connectivity index (χ0v) is 13.8. The zero-order valence-electron chi connectivity index (χ0n) is 13.0. The normalized spacial score (nSPS) is 18.0. The number of fused-ring (bicyclic) bond motifs is 1. The summed E-state index contributed by atoms with van der Waals surface area (Å²) in [7, 11) is 0. The number of hydrogen-bond acceptors (Lipinski definition) is 5. The minimum Gasteiger partial charge on any atom is -0.370 e. The number of nitrogens with zero attached hydrogens (tertiary/aromatic N) is 4. The molecule has 3 aromatic heterocycles. The van der Waals surface area contributed by atoms with Crippen molar-refractivity contribution in [1.82, 2.24) is 24.8 Å². The van der Waals surface area contributed by atoms with E-state index in [1.165, 1.54) is 0 Å². The molecular weight excluding hydrogens is 326 g/mol. The predicted octanol–water partition coefficient (Wildman–Crippen LogP) is 2.07. The number of pyridine rings is 1. The van der Waals surface area contributed by atoms with Crippen LogP contribution >= 0.6 is 11.3 Å². The topological polar surface area (TPSA) is 71.8 Å². The molecule has 0 spiro atoms. The first kappa shape index (κ1) is 15.1. The number of carbonyl (C=O) groups excluding carboxylic acids is 1. The van der Waals surface area contributed by atoms with Gasteiger partial charge in [-0.25, -0.2) is 4.79 Å². The van der Waals surface area contributed by atoms with Gasteiger partial charge >= 0.3 is 6.03 Å². The van der Waals surface area contributed by atoms with Gasteiger partial charge in [0.2, 0.25) is 0 Å². The summed E-state index contributed by atoms with van der Waals surface area (Å²) in [6, 6.07) is 7.64. The van der Waals surface area contributed by atoms with Gasteiger partial charge in [0.15, 0.2) is 11.5 Å². The van der Waals surface area contributed by atoms with Crippen LogP contribution < -0.4 is 5.32 Å². The highest BCUT2D eigenvalue weighted by molar-refractivity contribution is 7.07. The highest BCUT2D eigenvalue weighted by Gasteiger charge is 2.25. The first-order chi connectivity index (χ1) is 11.8. The first-order valence-corrected chi connectivity index (χ1v) is 8.70. The van der Waals surface area contributed by atoms with E-state index in [2.05, 4.69) is 20.9 Å². The van der Waals surface area contributed by atoms with Crippen molar-refractivity contribution in [3.8, 4) is 0 Å². The lowest BCUT2D eigenvalue weighted by Crippen LogP contribution is -2.47. The molecule has 1 fully saturated rings. The van der Waals surface area contributed by atoms with Crippen LogP contribution in [0.2, 0.25) is 0 Å². The fourth-order valence-electron chi connectivity index (χ4n) is 2.77. The third-order valence-electron chi connectivity index (χ3n) is 4.05. The first-order valence-electron chi connectivity index (χ1n) is 7.76. The van der Waals surface area contributed by atoms with Crippen LogP contribution in [0, 0.1) is 0 Å². The number of carbonyl (C=O) groups is 1. The van der Waals surface area contributed by atoms with Crippen LogP contribution in [0.1, 0.15) is 17.5 Å². The van der Waals surface area contributed by atoms with E-state index in [0.29, 0.717) is 32.1 Å². The van der Waals surface area contributed by atoms with Gasteiger partial charge in [0, 0.05) is 12.7 Å². The molecule has 0 saturated carbocycles. The molecule has 0 bridgehead atoms. The SMILES string of the molecule is O=C(NCc1nnc2ccccn12)N1CCO[C@H](c2ccsc2)C1. The number of amides is 2. The Morgan fingerprint density at radius 3 is 3.21 bits per heavy atom. The number of thiophene rings is 1. The predicted molar refractivity (Wildman–Crippen MR) is 89.8 cm³/mol. The molecular formula is C16H17N5O2S. The van der Waals surface area contributed by atoms with E-state index in [-0.39, 0.29) is 12.1 Å². The summed E-state index contributed by atoms with van der Waals surface area (Å²) in [6.45, 7) is 2.03. The highest BCUT2D eigenvalue weighted by Crippen LogP contribution is 2.24. The summed E-state index contributed by atoms with van der Waals surface area (Å²) in [5.74, 6) is 0.710. The molecule has 1 saturated heterocycles. The Hall–Kier alpha value is -2.45. The Bertz CT molecular complexity index is 832. The van der Waals surface area contributed by atoms with Crippen molar-refractivity contribution in [2.45, 2.75) is 12.6 Å². The van der Waals surface area contributed by atoms with Crippen molar-refractivity contribution in [1.29, 1.82) is 0 Å². The maximum absolute atomic E-state index is 12.4. The Morgan fingerprint density at radius 2 is 2.33 bits per heavy atom. The smallest absolute Gasteiger partial charge is 0.317 e. The average Bonchev–Trinajstić information content (AvgIpc) is 3.30. The number of hydrogen-bond donors (Lipinski definition) is 1. The summed E-state index contributed by atoms with van der Waals surface area (Å²) in [5, 5.41) is 15.2. The molecule has 24 heavy (non-hydrogen) atoms. The maximum atomic E-state index is 12.4. The fourth-order valence-corrected chi connectivity index (χ4v) is 3.47. The van der Waals surface area contributed by atoms with Gasteiger partial charge in [-0.3, -0.25) is 4.40 Å². The van der Waals surface area contributed by atoms with Crippen LogP contribution in [0.4, 0.5) is 4.79 Å². The summed E-state index contributed by atoms with van der Waals surface area (Å²) in [5.41, 5.74) is 1.89. The number of ether oxygens (including phenoxy) is 1. The molecule has 0 unspecified atom stereocenters. The molecule has 3 aromatic rings. The Balaban J connectivity index is 1.39. The van der Waals surface area contributed by atoms with Gasteiger partial charge in [-0.2, -0.15) is 11.3 Å². The standard InChI is InChI=1S/C16H17N5O2S/c22-16(17-9-15-19-18-14-3-1-2-5-21(14)15)20-6-7-23-13(10-20)12-4-8-24-11-12/h1-5,8,11,13H,6-7,9-10H2,(H,17,22)/t13-/m0/s1. The van der Waals surface area contributed by atoms with E-state index in [0.717, 1.165) is 11.2 Å². The summed E-state index contributed by atoms with van der Waals surface area (Å²) in [4.78, 5) is 14.2. The fraction of sp³-hybridized carbons (Fsp3) is 0.312. The van der Waals surface area contributed by atoms with Gasteiger partial charge in [0.25, 0.3) is 0 Å². The lowest BCUT2D eigenvalue weighted by Gasteiger charge is -2.32. The second-order valence-corrected chi connectivity index (χ2v) is 6.35. The molecule has 8 heteroatoms. The molecule has 0 aromatic carbocycles. The Morgan fingerprint density at radius 1 is 1.38 bits per heavy atom. The lowest BCUT2D eigenvalue weighted by atomic mass is 10.1. The number of nitrogens with one attached hydrogen (secondary N) is 1. The van der Waals surface area contributed by atoms with Crippen LogP contribution in [0.15, 0.2) is 41.2 Å². The van der Waals surface area contributed by atoms with E-state index in [1.54, 1.807) is 16.2 Å². The van der Waals surface area contributed by atoms with Gasteiger partial charge in [-0.05, 0) is 34.5 Å². The van der Waals surface area contributed by atoms with Crippen LogP contribution in [0.25, 0.3) is 5.65 Å². The van der Waals surface area contributed by atoms with Gasteiger partial charge in [-0.15, -0.1) is 10.2 Å². The third-order valence-corrected chi connectivity index (χ3v) is 4.75. The summed E-state index contributed by atoms with van der Waals surface area (Å²) >= 11 is 1.64. The van der Waals surface area contributed by atoms with Crippen molar-refractivity contribution in [2.75, 3.05) is 19.7 Å². The minimum atomic E-state index is -0.105. The van der Waals surface area contributed by atoms with E-state index >= 15 is 0 Å². The van der Waals surface area contributed by atoms with Crippen molar-refractivity contribution in [2.24, 2.45) is 0 Å². The van der Waals surface area contributed by atoms with Gasteiger partial charge in [0.1, 0.15) is 6.10 Å². The van der Waals surface area contributed by atoms with Crippen molar-refractivity contribution >= 4 is 23.0 Å². The minimum absolute atomic E-state index is 0.0512. The second-order valence-electron chi connectivity index (χ2n) is 5.57. The van der Waals surface area contributed by atoms with Gasteiger partial charge in [-0.1, -0.05) is 6.07 Å². The Kier molecular flexibility index (Phi) is 4.14. The van der Waals surface area contributed by atoms with E-state index in [9.17, 15) is 4.79 Å². The summed E-state index contributed by atoms with van der Waals surface area (Å²) < 4.78 is 7.64. The molecule has 124 valence electrons. The number of urea groups is 1. The average molecular weight is 343 g/mol. The number of rotatable bonds is 3.